The van der Waals surface area contributed by atoms with Crippen molar-refractivity contribution in [1.82, 2.24) is 0 Å². The Kier molecular flexibility index (Phi) is 4.78. The Morgan fingerprint density at radius 1 is 0.947 bits per heavy atom. The Morgan fingerprint density at radius 2 is 1.58 bits per heavy atom. The molecule has 0 nitrogen and oxygen atoms in total. The number of hydrogen-bond acceptors (Lipinski definition) is 1. The predicted octanol–water partition coefficient (Wildman–Crippen LogP) is 4.62. The molecule has 0 aliphatic heterocycles. The summed E-state index contributed by atoms with van der Waals surface area (Å²) in [6.45, 7) is 9.20. The minimum absolute atomic E-state index is 0.262. The van der Waals surface area contributed by atoms with Crippen molar-refractivity contribution in [2.75, 3.05) is 0 Å². The molecule has 0 heterocycles. The van der Waals surface area contributed by atoms with Crippen LogP contribution in [0.1, 0.15) is 31.9 Å². The average Bonchev–Trinajstić information content (AvgIpc) is 2.35. The van der Waals surface area contributed by atoms with Gasteiger partial charge in [-0.2, -0.15) is 0 Å². The van der Waals surface area contributed by atoms with Crippen LogP contribution in [-0.4, -0.2) is 0 Å². The fraction of sp³-hybridized carbons (Fsp3) is 0.294. The van der Waals surface area contributed by atoms with Crippen molar-refractivity contribution < 1.29 is 26.1 Å². The van der Waals surface area contributed by atoms with Gasteiger partial charge in [-0.3, -0.25) is 0 Å². The zero-order valence-electron chi connectivity index (χ0n) is 12.2. The molecule has 2 aromatic carbocycles. The fourth-order valence-electron chi connectivity index (χ4n) is 2.16. The average molecular weight is 456 g/mol. The second kappa shape index (κ2) is 6.01. The first-order valence-corrected chi connectivity index (χ1v) is 10.1. The molecule has 0 bridgehead atoms. The number of rotatable bonds is 2. The molecule has 0 aromatic heterocycles. The molecule has 0 amide bonds. The van der Waals surface area contributed by atoms with Crippen molar-refractivity contribution in [2.45, 2.75) is 42.9 Å². The molecule has 2 rings (SSSR count). The molecule has 0 radical (unpaired) electrons. The van der Waals surface area contributed by atoms with E-state index in [1.54, 1.807) is 3.07 Å². The summed E-state index contributed by atoms with van der Waals surface area (Å²) >= 11 is 2.54. The van der Waals surface area contributed by atoms with E-state index in [1.807, 2.05) is 11.8 Å². The molecule has 0 atom stereocenters. The van der Waals surface area contributed by atoms with Gasteiger partial charge >= 0.3 is 137 Å². The Hall–Kier alpha value is -0.275. The summed E-state index contributed by atoms with van der Waals surface area (Å²) in [7, 11) is 0. The summed E-state index contributed by atoms with van der Waals surface area (Å²) in [6, 6.07) is 15.3. The van der Waals surface area contributed by atoms with Crippen molar-refractivity contribution in [1.29, 1.82) is 0 Å². The van der Waals surface area contributed by atoms with E-state index in [0.29, 0.717) is 26.1 Å². The zero-order valence-corrected chi connectivity index (χ0v) is 18.5. The van der Waals surface area contributed by atoms with E-state index < -0.39 is 0 Å². The van der Waals surface area contributed by atoms with Crippen LogP contribution in [0.4, 0.5) is 0 Å². The van der Waals surface area contributed by atoms with Gasteiger partial charge in [0.25, 0.3) is 0 Å². The van der Waals surface area contributed by atoms with E-state index in [2.05, 4.69) is 70.2 Å². The number of hydrogen-bond donors (Lipinski definition) is 0. The third-order valence-electron chi connectivity index (χ3n) is 3.33. The van der Waals surface area contributed by atoms with Gasteiger partial charge in [0.1, 0.15) is 0 Å². The first-order chi connectivity index (χ1) is 8.89. The minimum atomic E-state index is 0.262. The first kappa shape index (κ1) is 15.1. The molecule has 0 aliphatic rings. The monoisotopic (exact) mass is 457 g/mol. The Balaban J connectivity index is 2.37. The molecule has 0 unspecified atom stereocenters. The Bertz CT molecular complexity index is 568. The van der Waals surface area contributed by atoms with Gasteiger partial charge < -0.3 is 0 Å². The van der Waals surface area contributed by atoms with Crippen LogP contribution in [0.3, 0.4) is 0 Å². The predicted molar refractivity (Wildman–Crippen MR) is 80.1 cm³/mol. The summed E-state index contributed by atoms with van der Waals surface area (Å²) in [5, 5.41) is 0. The molecule has 0 aliphatic carbocycles. The van der Waals surface area contributed by atoms with E-state index in [1.165, 1.54) is 20.9 Å². The summed E-state index contributed by atoms with van der Waals surface area (Å²) in [6.07, 6.45) is 0. The Morgan fingerprint density at radius 3 is 2.16 bits per heavy atom. The van der Waals surface area contributed by atoms with Crippen molar-refractivity contribution >= 4 is 14.8 Å². The standard InChI is InChI=1S/C17H19S.Hg/c1-13-12-14(17(2,3)4)10-11-16(13)18-15-8-6-5-7-9-15;/h5-11H,1-4H3;. The second-order valence-electron chi connectivity index (χ2n) is 5.88. The van der Waals surface area contributed by atoms with Gasteiger partial charge in [-0.25, -0.2) is 0 Å². The molecule has 0 N–H and O–H groups in total. The van der Waals surface area contributed by atoms with Gasteiger partial charge in [0, 0.05) is 0 Å². The van der Waals surface area contributed by atoms with Crippen LogP contribution < -0.4 is 3.07 Å². The normalized spacial score (nSPS) is 11.7. The molecule has 0 fully saturated rings. The van der Waals surface area contributed by atoms with Crippen molar-refractivity contribution in [3.63, 3.8) is 0 Å². The van der Waals surface area contributed by atoms with E-state index in [4.69, 9.17) is 0 Å². The molecule has 0 saturated carbocycles. The van der Waals surface area contributed by atoms with Crippen LogP contribution in [-0.2, 0) is 31.5 Å². The van der Waals surface area contributed by atoms with Gasteiger partial charge in [-0.1, -0.05) is 0 Å². The molecule has 0 spiro atoms. The van der Waals surface area contributed by atoms with Crippen LogP contribution in [0.15, 0.2) is 52.3 Å². The van der Waals surface area contributed by atoms with Crippen LogP contribution in [0.5, 0.6) is 0 Å². The molecule has 95 valence electrons. The van der Waals surface area contributed by atoms with Gasteiger partial charge in [0.2, 0.25) is 0 Å². The van der Waals surface area contributed by atoms with Crippen LogP contribution in [0, 0.1) is 6.92 Å². The van der Waals surface area contributed by atoms with Crippen molar-refractivity contribution in [3.8, 4) is 0 Å². The van der Waals surface area contributed by atoms with E-state index in [0.717, 1.165) is 0 Å². The van der Waals surface area contributed by atoms with E-state index in [9.17, 15) is 0 Å². The summed E-state index contributed by atoms with van der Waals surface area (Å²) in [4.78, 5) is 2.73. The summed E-state index contributed by atoms with van der Waals surface area (Å²) in [5.41, 5.74) is 3.29. The van der Waals surface area contributed by atoms with Crippen LogP contribution >= 0.6 is 11.8 Å². The molecule has 2 heteroatoms. The third kappa shape index (κ3) is 3.63. The molecular formula is C17H19HgS. The maximum atomic E-state index is 2.33. The topological polar surface area (TPSA) is 0 Å². The quantitative estimate of drug-likeness (QED) is 0.596. The zero-order chi connectivity index (χ0) is 14.0. The van der Waals surface area contributed by atoms with Crippen LogP contribution in [0.2, 0.25) is 0 Å². The molecule has 19 heavy (non-hydrogen) atoms. The third-order valence-corrected chi connectivity index (χ3v) is 8.04. The molecular weight excluding hydrogens is 437 g/mol. The van der Waals surface area contributed by atoms with Crippen molar-refractivity contribution in [3.05, 3.63) is 53.6 Å². The summed E-state index contributed by atoms with van der Waals surface area (Å²) < 4.78 is 1.62. The number of benzene rings is 2. The SMILES string of the molecule is Cc1c(Sc2ccccc2)ccc(C(C)(C)C)[c]1[Hg]. The molecule has 2 aromatic rings. The van der Waals surface area contributed by atoms with Gasteiger partial charge in [-0.15, -0.1) is 0 Å². The maximum absolute atomic E-state index is 2.33. The van der Waals surface area contributed by atoms with Gasteiger partial charge in [0.05, 0.1) is 0 Å². The van der Waals surface area contributed by atoms with Crippen LogP contribution in [0.25, 0.3) is 0 Å². The van der Waals surface area contributed by atoms with Crippen molar-refractivity contribution in [2.24, 2.45) is 0 Å². The second-order valence-corrected chi connectivity index (χ2v) is 9.74. The van der Waals surface area contributed by atoms with Gasteiger partial charge in [-0.05, 0) is 0 Å². The Labute approximate surface area is 137 Å². The fourth-order valence-corrected chi connectivity index (χ4v) is 6.88. The summed E-state index contributed by atoms with van der Waals surface area (Å²) in [5.74, 6) is 0. The van der Waals surface area contributed by atoms with E-state index in [-0.39, 0.29) is 5.41 Å². The van der Waals surface area contributed by atoms with E-state index >= 15 is 0 Å². The molecule has 0 saturated heterocycles. The first-order valence-electron chi connectivity index (χ1n) is 6.58. The van der Waals surface area contributed by atoms with Gasteiger partial charge in [0.15, 0.2) is 0 Å².